The van der Waals surface area contributed by atoms with Crippen LogP contribution in [0.4, 0.5) is 0 Å². The number of rotatable bonds is 7. The summed E-state index contributed by atoms with van der Waals surface area (Å²) < 4.78 is 1.59. The summed E-state index contributed by atoms with van der Waals surface area (Å²) >= 11 is 0. The second kappa shape index (κ2) is 7.70. The van der Waals surface area contributed by atoms with E-state index in [1.54, 1.807) is 35.3 Å². The predicted molar refractivity (Wildman–Crippen MR) is 83.8 cm³/mol. The van der Waals surface area contributed by atoms with Gasteiger partial charge in [-0.05, 0) is 24.1 Å². The van der Waals surface area contributed by atoms with Crippen LogP contribution in [0.1, 0.15) is 37.0 Å². The van der Waals surface area contributed by atoms with Crippen molar-refractivity contribution in [1.82, 2.24) is 20.3 Å². The molecule has 0 spiro atoms. The first kappa shape index (κ1) is 16.2. The minimum absolute atomic E-state index is 0.202. The number of benzene rings is 1. The van der Waals surface area contributed by atoms with Gasteiger partial charge in [0, 0.05) is 12.1 Å². The highest BCUT2D eigenvalue weighted by Gasteiger charge is 2.16. The molecule has 1 unspecified atom stereocenters. The van der Waals surface area contributed by atoms with Gasteiger partial charge < -0.3 is 10.4 Å². The van der Waals surface area contributed by atoms with Crippen molar-refractivity contribution in [3.8, 4) is 5.69 Å². The van der Waals surface area contributed by atoms with Gasteiger partial charge in [0.05, 0.1) is 24.2 Å². The minimum atomic E-state index is -0.516. The van der Waals surface area contributed by atoms with Crippen molar-refractivity contribution in [2.45, 2.75) is 32.8 Å². The Kier molecular flexibility index (Phi) is 5.66. The molecule has 2 aromatic rings. The third-order valence-electron chi connectivity index (χ3n) is 3.86. The molecule has 0 radical (unpaired) electrons. The van der Waals surface area contributed by atoms with E-state index in [0.717, 1.165) is 18.5 Å². The van der Waals surface area contributed by atoms with Gasteiger partial charge in [-0.2, -0.15) is 0 Å². The number of aliphatic hydroxyl groups excluding tert-OH is 1. The van der Waals surface area contributed by atoms with Crippen molar-refractivity contribution in [3.63, 3.8) is 0 Å². The molecule has 6 heteroatoms. The van der Waals surface area contributed by atoms with E-state index in [-0.39, 0.29) is 18.4 Å². The fraction of sp³-hybridized carbons (Fsp3) is 0.438. The summed E-state index contributed by atoms with van der Waals surface area (Å²) in [5.74, 6) is 0.00811. The monoisotopic (exact) mass is 302 g/mol. The highest BCUT2D eigenvalue weighted by molar-refractivity contribution is 5.94. The Balaban J connectivity index is 2.00. The Labute approximate surface area is 130 Å². The van der Waals surface area contributed by atoms with Gasteiger partial charge in [-0.3, -0.25) is 4.79 Å². The van der Waals surface area contributed by atoms with E-state index in [9.17, 15) is 9.90 Å². The lowest BCUT2D eigenvalue weighted by atomic mass is 9.96. The van der Waals surface area contributed by atoms with Gasteiger partial charge in [-0.15, -0.1) is 5.10 Å². The molecule has 0 bridgehead atoms. The van der Waals surface area contributed by atoms with Crippen molar-refractivity contribution in [1.29, 1.82) is 0 Å². The largest absolute Gasteiger partial charge is 0.391 e. The van der Waals surface area contributed by atoms with E-state index in [1.165, 1.54) is 0 Å². The molecule has 0 saturated carbocycles. The van der Waals surface area contributed by atoms with Gasteiger partial charge in [0.15, 0.2) is 0 Å². The second-order valence-corrected chi connectivity index (χ2v) is 5.25. The Morgan fingerprint density at radius 3 is 2.77 bits per heavy atom. The van der Waals surface area contributed by atoms with Gasteiger partial charge in [0.2, 0.25) is 0 Å². The maximum absolute atomic E-state index is 12.2. The van der Waals surface area contributed by atoms with Gasteiger partial charge in [0.25, 0.3) is 5.91 Å². The highest BCUT2D eigenvalue weighted by atomic mass is 16.3. The molecule has 1 heterocycles. The summed E-state index contributed by atoms with van der Waals surface area (Å²) in [7, 11) is 0. The number of hydrogen-bond donors (Lipinski definition) is 2. The number of amides is 1. The Morgan fingerprint density at radius 1 is 1.36 bits per heavy atom. The first-order valence-electron chi connectivity index (χ1n) is 7.58. The smallest absolute Gasteiger partial charge is 0.251 e. The molecule has 1 aromatic heterocycles. The van der Waals surface area contributed by atoms with E-state index in [2.05, 4.69) is 15.6 Å². The van der Waals surface area contributed by atoms with Crippen LogP contribution in [0.5, 0.6) is 0 Å². The fourth-order valence-electron chi connectivity index (χ4n) is 2.43. The molecule has 0 aliphatic rings. The van der Waals surface area contributed by atoms with Crippen LogP contribution < -0.4 is 5.32 Å². The van der Waals surface area contributed by atoms with Crippen molar-refractivity contribution < 1.29 is 9.90 Å². The van der Waals surface area contributed by atoms with Crippen LogP contribution in [0.15, 0.2) is 36.7 Å². The summed E-state index contributed by atoms with van der Waals surface area (Å²) in [5.41, 5.74) is 1.30. The number of nitrogens with one attached hydrogen (secondary N) is 1. The molecule has 22 heavy (non-hydrogen) atoms. The molecule has 0 aliphatic heterocycles. The summed E-state index contributed by atoms with van der Waals surface area (Å²) in [5, 5.41) is 20.5. The van der Waals surface area contributed by atoms with E-state index >= 15 is 0 Å². The molecule has 0 aliphatic carbocycles. The fourth-order valence-corrected chi connectivity index (χ4v) is 2.43. The molecule has 2 rings (SSSR count). The number of aliphatic hydroxyl groups is 1. The lowest BCUT2D eigenvalue weighted by Crippen LogP contribution is -2.36. The Bertz CT molecular complexity index is 594. The molecule has 6 nitrogen and oxygen atoms in total. The molecule has 2 N–H and O–H groups in total. The minimum Gasteiger partial charge on any atom is -0.391 e. The number of nitrogens with zero attached hydrogens (tertiary/aromatic N) is 3. The molecule has 0 saturated heterocycles. The van der Waals surface area contributed by atoms with Gasteiger partial charge in [-0.25, -0.2) is 4.68 Å². The van der Waals surface area contributed by atoms with Crippen molar-refractivity contribution in [3.05, 3.63) is 42.2 Å². The van der Waals surface area contributed by atoms with E-state index in [1.807, 2.05) is 19.9 Å². The van der Waals surface area contributed by atoms with E-state index < -0.39 is 6.10 Å². The summed E-state index contributed by atoms with van der Waals surface area (Å²) in [6.45, 7) is 4.35. The van der Waals surface area contributed by atoms with Crippen LogP contribution >= 0.6 is 0 Å². The molecule has 1 atom stereocenters. The zero-order valence-corrected chi connectivity index (χ0v) is 12.9. The lowest BCUT2D eigenvalue weighted by molar-refractivity contribution is 0.0816. The second-order valence-electron chi connectivity index (χ2n) is 5.25. The van der Waals surface area contributed by atoms with E-state index in [0.29, 0.717) is 5.56 Å². The van der Waals surface area contributed by atoms with Crippen LogP contribution in [-0.2, 0) is 0 Å². The summed E-state index contributed by atoms with van der Waals surface area (Å²) in [6, 6.07) is 7.13. The first-order chi connectivity index (χ1) is 10.7. The van der Waals surface area contributed by atoms with Gasteiger partial charge in [0.1, 0.15) is 0 Å². The number of carbonyl (C=O) groups is 1. The SMILES string of the molecule is CCC(CC)C(O)CNC(=O)c1cccc(-n2ccnn2)c1. The molecule has 118 valence electrons. The molecule has 0 fully saturated rings. The molecular formula is C16H22N4O2. The lowest BCUT2D eigenvalue weighted by Gasteiger charge is -2.20. The van der Waals surface area contributed by atoms with E-state index in [4.69, 9.17) is 0 Å². The number of aromatic nitrogens is 3. The third-order valence-corrected chi connectivity index (χ3v) is 3.86. The maximum atomic E-state index is 12.2. The maximum Gasteiger partial charge on any atom is 0.251 e. The predicted octanol–water partition coefficient (Wildman–Crippen LogP) is 1.79. The molecule has 1 amide bonds. The average Bonchev–Trinajstić information content (AvgIpc) is 3.08. The Morgan fingerprint density at radius 2 is 2.14 bits per heavy atom. The van der Waals surface area contributed by atoms with Crippen molar-refractivity contribution in [2.75, 3.05) is 6.54 Å². The van der Waals surface area contributed by atoms with Gasteiger partial charge in [-0.1, -0.05) is 38.0 Å². The zero-order valence-electron chi connectivity index (χ0n) is 12.9. The van der Waals surface area contributed by atoms with Crippen LogP contribution in [-0.4, -0.2) is 38.7 Å². The van der Waals surface area contributed by atoms with Crippen molar-refractivity contribution >= 4 is 5.91 Å². The summed E-state index contributed by atoms with van der Waals surface area (Å²) in [4.78, 5) is 12.2. The quantitative estimate of drug-likeness (QED) is 0.817. The highest BCUT2D eigenvalue weighted by Crippen LogP contribution is 2.13. The van der Waals surface area contributed by atoms with Crippen LogP contribution in [0.3, 0.4) is 0 Å². The normalized spacial score (nSPS) is 12.4. The molecular weight excluding hydrogens is 280 g/mol. The third kappa shape index (κ3) is 3.92. The average molecular weight is 302 g/mol. The zero-order chi connectivity index (χ0) is 15.9. The summed E-state index contributed by atoms with van der Waals surface area (Å²) in [6.07, 6.45) is 4.58. The Hall–Kier alpha value is -2.21. The van der Waals surface area contributed by atoms with Crippen molar-refractivity contribution in [2.24, 2.45) is 5.92 Å². The topological polar surface area (TPSA) is 80.0 Å². The number of hydrogen-bond acceptors (Lipinski definition) is 4. The standard InChI is InChI=1S/C16H22N4O2/c1-3-12(4-2)15(21)11-17-16(22)13-6-5-7-14(10-13)20-9-8-18-19-20/h5-10,12,15,21H,3-4,11H2,1-2H3,(H,17,22). The van der Waals surface area contributed by atoms with Crippen LogP contribution in [0.2, 0.25) is 0 Å². The van der Waals surface area contributed by atoms with Crippen LogP contribution in [0.25, 0.3) is 5.69 Å². The van der Waals surface area contributed by atoms with Crippen LogP contribution in [0, 0.1) is 5.92 Å². The number of carbonyl (C=O) groups excluding carboxylic acids is 1. The van der Waals surface area contributed by atoms with Gasteiger partial charge >= 0.3 is 0 Å². The molecule has 1 aromatic carbocycles. The first-order valence-corrected chi connectivity index (χ1v) is 7.58.